The molecule has 2 heterocycles. The molecule has 1 saturated heterocycles. The lowest BCUT2D eigenvalue weighted by molar-refractivity contribution is -0.123. The molecule has 1 amide bonds. The first-order chi connectivity index (χ1) is 9.49. The van der Waals surface area contributed by atoms with E-state index in [4.69, 9.17) is 11.6 Å². The highest BCUT2D eigenvalue weighted by Crippen LogP contribution is 2.41. The Kier molecular flexibility index (Phi) is 3.38. The van der Waals surface area contributed by atoms with E-state index in [1.165, 1.54) is 6.42 Å². The van der Waals surface area contributed by atoms with Crippen molar-refractivity contribution in [3.8, 4) is 0 Å². The number of anilines is 2. The molecule has 20 heavy (non-hydrogen) atoms. The molecule has 0 bridgehead atoms. The van der Waals surface area contributed by atoms with Gasteiger partial charge in [-0.1, -0.05) is 25.4 Å². The van der Waals surface area contributed by atoms with Crippen molar-refractivity contribution in [2.75, 3.05) is 16.8 Å². The molecule has 5 heteroatoms. The standard InChI is InChI=1S/C15H19ClN2O2/c1-8(2)12-4-3-5-18(12)13-7-11-9(6-10(13)16)14(19)15(20)17-11/h6-8,12,14,19H,3-5H2,1-2H3,(H,17,20). The summed E-state index contributed by atoms with van der Waals surface area (Å²) >= 11 is 6.38. The Labute approximate surface area is 123 Å². The molecule has 3 rings (SSSR count). The minimum absolute atomic E-state index is 0.380. The molecule has 108 valence electrons. The highest BCUT2D eigenvalue weighted by Gasteiger charge is 2.33. The Morgan fingerprint density at radius 2 is 2.20 bits per heavy atom. The number of aliphatic hydroxyl groups is 1. The van der Waals surface area contributed by atoms with Gasteiger partial charge >= 0.3 is 0 Å². The first-order valence-corrected chi connectivity index (χ1v) is 7.46. The predicted molar refractivity (Wildman–Crippen MR) is 80.2 cm³/mol. The Morgan fingerprint density at radius 1 is 1.45 bits per heavy atom. The van der Waals surface area contributed by atoms with E-state index in [-0.39, 0.29) is 5.91 Å². The van der Waals surface area contributed by atoms with Crippen LogP contribution in [0, 0.1) is 5.92 Å². The average molecular weight is 295 g/mol. The quantitative estimate of drug-likeness (QED) is 0.882. The zero-order valence-electron chi connectivity index (χ0n) is 11.7. The fraction of sp³-hybridized carbons (Fsp3) is 0.533. The second kappa shape index (κ2) is 4.93. The normalized spacial score (nSPS) is 25.2. The first kappa shape index (κ1) is 13.7. The maximum Gasteiger partial charge on any atom is 0.257 e. The van der Waals surface area contributed by atoms with Gasteiger partial charge in [0, 0.05) is 23.8 Å². The predicted octanol–water partition coefficient (Wildman–Crippen LogP) is 2.95. The van der Waals surface area contributed by atoms with Crippen LogP contribution in [0.1, 0.15) is 38.4 Å². The van der Waals surface area contributed by atoms with E-state index in [1.54, 1.807) is 6.07 Å². The third kappa shape index (κ3) is 2.07. The zero-order valence-corrected chi connectivity index (χ0v) is 12.4. The molecular weight excluding hydrogens is 276 g/mol. The van der Waals surface area contributed by atoms with Crippen molar-refractivity contribution >= 4 is 28.9 Å². The van der Waals surface area contributed by atoms with Crippen molar-refractivity contribution in [2.45, 2.75) is 38.8 Å². The molecule has 2 aliphatic rings. The van der Waals surface area contributed by atoms with Crippen LogP contribution < -0.4 is 10.2 Å². The van der Waals surface area contributed by atoms with Crippen molar-refractivity contribution in [1.29, 1.82) is 0 Å². The third-order valence-electron chi connectivity index (χ3n) is 4.30. The van der Waals surface area contributed by atoms with Crippen LogP contribution >= 0.6 is 11.6 Å². The maximum atomic E-state index is 11.5. The number of nitrogens with zero attached hydrogens (tertiary/aromatic N) is 1. The number of carbonyl (C=O) groups is 1. The molecule has 4 nitrogen and oxygen atoms in total. The molecule has 0 spiro atoms. The maximum absolute atomic E-state index is 11.5. The molecule has 1 fully saturated rings. The van der Waals surface area contributed by atoms with Gasteiger partial charge in [-0.25, -0.2) is 0 Å². The Balaban J connectivity index is 2.00. The van der Waals surface area contributed by atoms with Gasteiger partial charge in [-0.15, -0.1) is 0 Å². The summed E-state index contributed by atoms with van der Waals surface area (Å²) in [5.41, 5.74) is 2.20. The Bertz CT molecular complexity index is 559. The third-order valence-corrected chi connectivity index (χ3v) is 4.60. The molecule has 1 aromatic carbocycles. The smallest absolute Gasteiger partial charge is 0.257 e. The lowest BCUT2D eigenvalue weighted by atomic mass is 10.0. The number of benzene rings is 1. The fourth-order valence-electron chi connectivity index (χ4n) is 3.26. The van der Waals surface area contributed by atoms with Gasteiger partial charge in [-0.2, -0.15) is 0 Å². The van der Waals surface area contributed by atoms with Crippen LogP contribution in [0.15, 0.2) is 12.1 Å². The number of amides is 1. The molecule has 1 aromatic rings. The average Bonchev–Trinajstić information content (AvgIpc) is 2.97. The van der Waals surface area contributed by atoms with Crippen LogP contribution in [-0.2, 0) is 4.79 Å². The van der Waals surface area contributed by atoms with Gasteiger partial charge in [0.1, 0.15) is 0 Å². The summed E-state index contributed by atoms with van der Waals surface area (Å²) in [7, 11) is 0. The molecular formula is C15H19ClN2O2. The zero-order chi connectivity index (χ0) is 14.4. The molecule has 2 unspecified atom stereocenters. The van der Waals surface area contributed by atoms with E-state index in [0.29, 0.717) is 28.2 Å². The Morgan fingerprint density at radius 3 is 2.90 bits per heavy atom. The van der Waals surface area contributed by atoms with Crippen LogP contribution in [0.3, 0.4) is 0 Å². The van der Waals surface area contributed by atoms with Gasteiger partial charge in [-0.05, 0) is 30.9 Å². The summed E-state index contributed by atoms with van der Waals surface area (Å²) in [5.74, 6) is 0.178. The van der Waals surface area contributed by atoms with Crippen molar-refractivity contribution in [2.24, 2.45) is 5.92 Å². The minimum Gasteiger partial charge on any atom is -0.378 e. The summed E-state index contributed by atoms with van der Waals surface area (Å²) < 4.78 is 0. The molecule has 2 aliphatic heterocycles. The first-order valence-electron chi connectivity index (χ1n) is 7.08. The largest absolute Gasteiger partial charge is 0.378 e. The lowest BCUT2D eigenvalue weighted by Crippen LogP contribution is -2.33. The van der Waals surface area contributed by atoms with Gasteiger partial charge in [-0.3, -0.25) is 4.79 Å². The molecule has 2 atom stereocenters. The van der Waals surface area contributed by atoms with E-state index in [9.17, 15) is 9.90 Å². The minimum atomic E-state index is -1.10. The summed E-state index contributed by atoms with van der Waals surface area (Å²) in [4.78, 5) is 13.9. The van der Waals surface area contributed by atoms with Crippen molar-refractivity contribution in [3.05, 3.63) is 22.7 Å². The summed E-state index contributed by atoms with van der Waals surface area (Å²) in [6.07, 6.45) is 1.22. The summed E-state index contributed by atoms with van der Waals surface area (Å²) in [6, 6.07) is 4.09. The highest BCUT2D eigenvalue weighted by atomic mass is 35.5. The summed E-state index contributed by atoms with van der Waals surface area (Å²) in [5, 5.41) is 13.1. The number of nitrogens with one attached hydrogen (secondary N) is 1. The molecule has 0 aromatic heterocycles. The van der Waals surface area contributed by atoms with Gasteiger partial charge in [0.15, 0.2) is 6.10 Å². The van der Waals surface area contributed by atoms with Gasteiger partial charge < -0.3 is 15.3 Å². The number of fused-ring (bicyclic) bond motifs is 1. The van der Waals surface area contributed by atoms with E-state index in [0.717, 1.165) is 18.7 Å². The number of hydrogen-bond donors (Lipinski definition) is 2. The van der Waals surface area contributed by atoms with E-state index in [1.807, 2.05) is 6.07 Å². The second-order valence-electron chi connectivity index (χ2n) is 5.93. The Hall–Kier alpha value is -1.26. The number of aliphatic hydroxyl groups excluding tert-OH is 1. The van der Waals surface area contributed by atoms with Gasteiger partial charge in [0.05, 0.1) is 10.7 Å². The van der Waals surface area contributed by atoms with E-state index < -0.39 is 6.10 Å². The van der Waals surface area contributed by atoms with Crippen molar-refractivity contribution in [1.82, 2.24) is 0 Å². The van der Waals surface area contributed by atoms with Crippen LogP contribution in [-0.4, -0.2) is 23.6 Å². The van der Waals surface area contributed by atoms with Gasteiger partial charge in [0.25, 0.3) is 5.91 Å². The van der Waals surface area contributed by atoms with Crippen LogP contribution in [0.2, 0.25) is 5.02 Å². The highest BCUT2D eigenvalue weighted by molar-refractivity contribution is 6.33. The molecule has 0 radical (unpaired) electrons. The number of rotatable bonds is 2. The SMILES string of the molecule is CC(C)C1CCCN1c1cc2c(cc1Cl)C(O)C(=O)N2. The van der Waals surface area contributed by atoms with E-state index in [2.05, 4.69) is 24.1 Å². The van der Waals surface area contributed by atoms with Crippen LogP contribution in [0.25, 0.3) is 0 Å². The number of carbonyl (C=O) groups excluding carboxylic acids is 1. The lowest BCUT2D eigenvalue weighted by Gasteiger charge is -2.30. The topological polar surface area (TPSA) is 52.6 Å². The van der Waals surface area contributed by atoms with Crippen molar-refractivity contribution in [3.63, 3.8) is 0 Å². The fourth-order valence-corrected chi connectivity index (χ4v) is 3.54. The summed E-state index contributed by atoms with van der Waals surface area (Å²) in [6.45, 7) is 5.42. The van der Waals surface area contributed by atoms with Crippen molar-refractivity contribution < 1.29 is 9.90 Å². The molecule has 0 saturated carbocycles. The monoisotopic (exact) mass is 294 g/mol. The number of halogens is 1. The second-order valence-corrected chi connectivity index (χ2v) is 6.34. The van der Waals surface area contributed by atoms with Gasteiger partial charge in [0.2, 0.25) is 0 Å². The number of hydrogen-bond acceptors (Lipinski definition) is 3. The van der Waals surface area contributed by atoms with Crippen LogP contribution in [0.4, 0.5) is 11.4 Å². The molecule has 0 aliphatic carbocycles. The van der Waals surface area contributed by atoms with E-state index >= 15 is 0 Å². The molecule has 2 N–H and O–H groups in total. The van der Waals surface area contributed by atoms with Crippen LogP contribution in [0.5, 0.6) is 0 Å².